The molecule has 1 aromatic carbocycles. The molecule has 0 saturated heterocycles. The third-order valence-electron chi connectivity index (χ3n) is 2.05. The summed E-state index contributed by atoms with van der Waals surface area (Å²) in [5.74, 6) is 0.120. The van der Waals surface area contributed by atoms with Gasteiger partial charge in [-0.05, 0) is 18.2 Å². The third kappa shape index (κ3) is 2.17. The highest BCUT2D eigenvalue weighted by Gasteiger charge is 2.03. The molecule has 0 aliphatic rings. The second-order valence-corrected chi connectivity index (χ2v) is 3.14. The summed E-state index contributed by atoms with van der Waals surface area (Å²) >= 11 is 0. The maximum absolute atomic E-state index is 13.2. The second-order valence-electron chi connectivity index (χ2n) is 3.14. The molecule has 0 saturated carbocycles. The van der Waals surface area contributed by atoms with Crippen LogP contribution in [-0.4, -0.2) is 5.16 Å². The topological polar surface area (TPSA) is 61.9 Å². The lowest BCUT2D eigenvalue weighted by molar-refractivity contribution is 0.388. The number of aromatic nitrogens is 1. The molecule has 0 atom stereocenters. The fourth-order valence-electron chi connectivity index (χ4n) is 1.24. The molecule has 1 heterocycles. The number of benzene rings is 1. The van der Waals surface area contributed by atoms with Gasteiger partial charge in [-0.25, -0.2) is 4.39 Å². The fourth-order valence-corrected chi connectivity index (χ4v) is 1.24. The van der Waals surface area contributed by atoms with Gasteiger partial charge in [-0.3, -0.25) is 0 Å². The van der Waals surface area contributed by atoms with Gasteiger partial charge < -0.3 is 9.84 Å². The lowest BCUT2D eigenvalue weighted by Gasteiger charge is -2.04. The average molecular weight is 217 g/mol. The maximum atomic E-state index is 13.2. The maximum Gasteiger partial charge on any atom is 0.155 e. The van der Waals surface area contributed by atoms with Crippen molar-refractivity contribution in [3.8, 4) is 6.07 Å². The lowest BCUT2D eigenvalue weighted by Crippen LogP contribution is -1.99. The number of halogens is 1. The van der Waals surface area contributed by atoms with E-state index in [1.54, 1.807) is 18.2 Å². The Balaban J connectivity index is 2.06. The van der Waals surface area contributed by atoms with E-state index in [0.717, 1.165) is 0 Å². The molecule has 0 radical (unpaired) electrons. The molecule has 0 aliphatic heterocycles. The predicted octanol–water partition coefficient (Wildman–Crippen LogP) is 2.30. The minimum atomic E-state index is -0.537. The molecule has 16 heavy (non-hydrogen) atoms. The summed E-state index contributed by atoms with van der Waals surface area (Å²) in [6.45, 7) is 0.422. The van der Waals surface area contributed by atoms with Crippen LogP contribution in [0.25, 0.3) is 0 Å². The van der Waals surface area contributed by atoms with Crippen molar-refractivity contribution >= 4 is 5.69 Å². The summed E-state index contributed by atoms with van der Waals surface area (Å²) in [5.41, 5.74) is 0.623. The number of nitrogens with one attached hydrogen (secondary N) is 1. The monoisotopic (exact) mass is 217 g/mol. The van der Waals surface area contributed by atoms with Gasteiger partial charge in [-0.15, -0.1) is 0 Å². The van der Waals surface area contributed by atoms with Gasteiger partial charge in [0.1, 0.15) is 11.9 Å². The number of nitriles is 1. The zero-order chi connectivity index (χ0) is 11.4. The number of hydrogen-bond acceptors (Lipinski definition) is 4. The van der Waals surface area contributed by atoms with Crippen LogP contribution in [0.2, 0.25) is 0 Å². The Bertz CT molecular complexity index is 517. The first-order valence-corrected chi connectivity index (χ1v) is 4.62. The number of rotatable bonds is 3. The van der Waals surface area contributed by atoms with Gasteiger partial charge in [-0.2, -0.15) is 5.26 Å². The predicted molar refractivity (Wildman–Crippen MR) is 54.9 cm³/mol. The van der Waals surface area contributed by atoms with Crippen molar-refractivity contribution < 1.29 is 8.91 Å². The van der Waals surface area contributed by atoms with E-state index in [9.17, 15) is 4.39 Å². The molecular formula is C11H8FN3O. The summed E-state index contributed by atoms with van der Waals surface area (Å²) < 4.78 is 18.1. The highest BCUT2D eigenvalue weighted by atomic mass is 19.1. The van der Waals surface area contributed by atoms with Crippen molar-refractivity contribution in [1.82, 2.24) is 5.16 Å². The van der Waals surface area contributed by atoms with Crippen LogP contribution in [0.3, 0.4) is 0 Å². The van der Waals surface area contributed by atoms with Crippen molar-refractivity contribution in [3.05, 3.63) is 47.6 Å². The SMILES string of the molecule is N#Cc1ccc(NCc2ccno2)cc1F. The Labute approximate surface area is 91.3 Å². The van der Waals surface area contributed by atoms with Crippen LogP contribution >= 0.6 is 0 Å². The Kier molecular flexibility index (Phi) is 2.83. The van der Waals surface area contributed by atoms with E-state index in [2.05, 4.69) is 10.5 Å². The Hall–Kier alpha value is -2.35. The van der Waals surface area contributed by atoms with Gasteiger partial charge in [-0.1, -0.05) is 5.16 Å². The van der Waals surface area contributed by atoms with Crippen LogP contribution < -0.4 is 5.32 Å². The highest BCUT2D eigenvalue weighted by molar-refractivity contribution is 5.48. The van der Waals surface area contributed by atoms with E-state index in [4.69, 9.17) is 9.78 Å². The molecule has 0 bridgehead atoms. The van der Waals surface area contributed by atoms with Crippen LogP contribution in [0.15, 0.2) is 35.0 Å². The molecular weight excluding hydrogens is 209 g/mol. The molecule has 1 aromatic heterocycles. The molecule has 0 amide bonds. The Morgan fingerprint density at radius 2 is 2.31 bits per heavy atom. The van der Waals surface area contributed by atoms with Gasteiger partial charge in [0, 0.05) is 11.8 Å². The molecule has 0 aliphatic carbocycles. The first kappa shape index (κ1) is 10.2. The van der Waals surface area contributed by atoms with Crippen molar-refractivity contribution in [2.24, 2.45) is 0 Å². The van der Waals surface area contributed by atoms with Crippen LogP contribution in [0.5, 0.6) is 0 Å². The van der Waals surface area contributed by atoms with Crippen LogP contribution in [-0.2, 0) is 6.54 Å². The molecule has 2 rings (SSSR count). The van der Waals surface area contributed by atoms with Gasteiger partial charge in [0.25, 0.3) is 0 Å². The molecule has 0 spiro atoms. The van der Waals surface area contributed by atoms with Gasteiger partial charge >= 0.3 is 0 Å². The van der Waals surface area contributed by atoms with E-state index >= 15 is 0 Å². The first-order valence-electron chi connectivity index (χ1n) is 4.62. The fraction of sp³-hybridized carbons (Fsp3) is 0.0909. The van der Waals surface area contributed by atoms with E-state index in [1.807, 2.05) is 0 Å². The average Bonchev–Trinajstić information content (AvgIpc) is 2.79. The number of hydrogen-bond donors (Lipinski definition) is 1. The summed E-state index contributed by atoms with van der Waals surface area (Å²) in [6.07, 6.45) is 1.54. The van der Waals surface area contributed by atoms with Crippen LogP contribution in [0.1, 0.15) is 11.3 Å². The standard InChI is InChI=1S/C11H8FN3O/c12-11-5-9(2-1-8(11)6-13)14-7-10-3-4-15-16-10/h1-5,14H,7H2. The van der Waals surface area contributed by atoms with E-state index in [0.29, 0.717) is 18.0 Å². The minimum absolute atomic E-state index is 0.0326. The van der Waals surface area contributed by atoms with Crippen molar-refractivity contribution in [3.63, 3.8) is 0 Å². The zero-order valence-electron chi connectivity index (χ0n) is 8.27. The number of anilines is 1. The molecule has 4 nitrogen and oxygen atoms in total. The van der Waals surface area contributed by atoms with E-state index < -0.39 is 5.82 Å². The third-order valence-corrected chi connectivity index (χ3v) is 2.05. The summed E-state index contributed by atoms with van der Waals surface area (Å²) in [4.78, 5) is 0. The lowest BCUT2D eigenvalue weighted by atomic mass is 10.2. The van der Waals surface area contributed by atoms with Crippen molar-refractivity contribution in [1.29, 1.82) is 5.26 Å². The molecule has 80 valence electrons. The van der Waals surface area contributed by atoms with Crippen molar-refractivity contribution in [2.75, 3.05) is 5.32 Å². The van der Waals surface area contributed by atoms with Gasteiger partial charge in [0.15, 0.2) is 5.76 Å². The smallest absolute Gasteiger partial charge is 0.155 e. The number of nitrogens with zero attached hydrogens (tertiary/aromatic N) is 2. The first-order chi connectivity index (χ1) is 7.79. The van der Waals surface area contributed by atoms with E-state index in [1.165, 1.54) is 18.3 Å². The van der Waals surface area contributed by atoms with Gasteiger partial charge in [0.2, 0.25) is 0 Å². The normalized spacial score (nSPS) is 9.75. The summed E-state index contributed by atoms with van der Waals surface area (Å²) in [7, 11) is 0. The van der Waals surface area contributed by atoms with Gasteiger partial charge in [0.05, 0.1) is 18.3 Å². The molecule has 0 unspecified atom stereocenters. The quantitative estimate of drug-likeness (QED) is 0.856. The molecule has 5 heteroatoms. The zero-order valence-corrected chi connectivity index (χ0v) is 8.27. The van der Waals surface area contributed by atoms with E-state index in [-0.39, 0.29) is 5.56 Å². The second kappa shape index (κ2) is 4.45. The Morgan fingerprint density at radius 3 is 2.94 bits per heavy atom. The molecule has 0 fully saturated rings. The van der Waals surface area contributed by atoms with Crippen LogP contribution in [0, 0.1) is 17.1 Å². The minimum Gasteiger partial charge on any atom is -0.378 e. The Morgan fingerprint density at radius 1 is 1.44 bits per heavy atom. The van der Waals surface area contributed by atoms with Crippen LogP contribution in [0.4, 0.5) is 10.1 Å². The summed E-state index contributed by atoms with van der Waals surface area (Å²) in [5, 5.41) is 15.1. The molecule has 1 N–H and O–H groups in total. The largest absolute Gasteiger partial charge is 0.378 e. The summed E-state index contributed by atoms with van der Waals surface area (Å²) in [6, 6.07) is 7.81. The van der Waals surface area contributed by atoms with Crippen molar-refractivity contribution in [2.45, 2.75) is 6.54 Å². The highest BCUT2D eigenvalue weighted by Crippen LogP contribution is 2.14. The molecule has 2 aromatic rings.